The van der Waals surface area contributed by atoms with Gasteiger partial charge in [-0.25, -0.2) is 0 Å². The number of ketones is 1. The molecule has 0 aliphatic carbocycles. The molecule has 6 heteroatoms. The zero-order chi connectivity index (χ0) is 17.3. The van der Waals surface area contributed by atoms with Gasteiger partial charge in [0.15, 0.2) is 29.5 Å². The van der Waals surface area contributed by atoms with Crippen molar-refractivity contribution in [2.75, 3.05) is 13.7 Å². The molecule has 0 bridgehead atoms. The van der Waals surface area contributed by atoms with E-state index in [0.717, 1.165) is 0 Å². The van der Waals surface area contributed by atoms with Crippen LogP contribution in [0.25, 0.3) is 0 Å². The Morgan fingerprint density at radius 1 is 1.17 bits per heavy atom. The summed E-state index contributed by atoms with van der Waals surface area (Å²) in [6.45, 7) is 2.13. The van der Waals surface area contributed by atoms with Crippen LogP contribution in [-0.4, -0.2) is 35.8 Å². The molecule has 0 fully saturated rings. The first kappa shape index (κ1) is 16.1. The van der Waals surface area contributed by atoms with Gasteiger partial charge in [0, 0.05) is 12.7 Å². The highest BCUT2D eigenvalue weighted by Gasteiger charge is 2.39. The van der Waals surface area contributed by atoms with Gasteiger partial charge in [0.25, 0.3) is 0 Å². The second-order valence-electron chi connectivity index (χ2n) is 5.39. The lowest BCUT2D eigenvalue weighted by Crippen LogP contribution is -2.38. The molecule has 0 amide bonds. The molecule has 0 radical (unpaired) electrons. The van der Waals surface area contributed by atoms with Crippen LogP contribution in [0.1, 0.15) is 28.9 Å². The number of Topliss-reactive ketones (excluding diaryl/α,β-unsaturated/α-hetero) is 1. The zero-order valence-corrected chi connectivity index (χ0v) is 13.4. The van der Waals surface area contributed by atoms with Gasteiger partial charge >= 0.3 is 0 Å². The Hall–Kier alpha value is -2.73. The van der Waals surface area contributed by atoms with E-state index >= 15 is 0 Å². The Balaban J connectivity index is 2.04. The van der Waals surface area contributed by atoms with Gasteiger partial charge in [-0.05, 0) is 36.8 Å². The van der Waals surface area contributed by atoms with Crippen LogP contribution < -0.4 is 9.47 Å². The maximum atomic E-state index is 12.7. The van der Waals surface area contributed by atoms with E-state index in [1.54, 1.807) is 19.1 Å². The molecular weight excluding hydrogens is 312 g/mol. The van der Waals surface area contributed by atoms with E-state index in [0.29, 0.717) is 23.5 Å². The van der Waals surface area contributed by atoms with E-state index in [2.05, 4.69) is 0 Å². The predicted molar refractivity (Wildman–Crippen MR) is 85.9 cm³/mol. The Bertz CT molecular complexity index is 770. The fraction of sp³-hybridized carbons (Fsp3) is 0.278. The molecule has 0 saturated heterocycles. The smallest absolute Gasteiger partial charge is 0.199 e. The predicted octanol–water partition coefficient (Wildman–Crippen LogP) is 2.83. The molecular formula is C18H18O6. The monoisotopic (exact) mass is 330 g/mol. The topological polar surface area (TPSA) is 85.2 Å². The summed E-state index contributed by atoms with van der Waals surface area (Å²) in [5.41, 5.74) is 0.939. The number of carbonyl (C=O) groups is 1. The molecule has 1 heterocycles. The van der Waals surface area contributed by atoms with Gasteiger partial charge in [0.1, 0.15) is 11.5 Å². The first-order valence-corrected chi connectivity index (χ1v) is 7.57. The summed E-state index contributed by atoms with van der Waals surface area (Å²) in [6, 6.07) is 9.13. The highest BCUT2D eigenvalue weighted by molar-refractivity contribution is 6.03. The van der Waals surface area contributed by atoms with Crippen molar-refractivity contribution in [2.45, 2.75) is 19.1 Å². The van der Waals surface area contributed by atoms with E-state index in [9.17, 15) is 15.0 Å². The molecule has 1 aliphatic rings. The SMILES string of the molecule is CCOC1C(=O)c2ccc(O)cc2OC1c1ccc(OC)c(O)c1. The zero-order valence-electron chi connectivity index (χ0n) is 13.4. The summed E-state index contributed by atoms with van der Waals surface area (Å²) in [5, 5.41) is 19.6. The minimum Gasteiger partial charge on any atom is -0.508 e. The normalized spacial score (nSPS) is 19.5. The first-order valence-electron chi connectivity index (χ1n) is 7.57. The third-order valence-corrected chi connectivity index (χ3v) is 3.90. The lowest BCUT2D eigenvalue weighted by molar-refractivity contribution is -0.0176. The van der Waals surface area contributed by atoms with Crippen LogP contribution in [-0.2, 0) is 4.74 Å². The van der Waals surface area contributed by atoms with E-state index in [1.165, 1.54) is 31.4 Å². The molecule has 24 heavy (non-hydrogen) atoms. The third-order valence-electron chi connectivity index (χ3n) is 3.90. The maximum absolute atomic E-state index is 12.7. The van der Waals surface area contributed by atoms with Crippen LogP contribution >= 0.6 is 0 Å². The molecule has 126 valence electrons. The molecule has 6 nitrogen and oxygen atoms in total. The number of carbonyl (C=O) groups excluding carboxylic acids is 1. The van der Waals surface area contributed by atoms with Crippen LogP contribution in [0.3, 0.4) is 0 Å². The van der Waals surface area contributed by atoms with Crippen molar-refractivity contribution < 1.29 is 29.2 Å². The minimum atomic E-state index is -0.833. The molecule has 0 saturated carbocycles. The summed E-state index contributed by atoms with van der Waals surface area (Å²) < 4.78 is 16.5. The summed E-state index contributed by atoms with van der Waals surface area (Å²) in [5.74, 6) is 0.345. The van der Waals surface area contributed by atoms with Crippen molar-refractivity contribution in [3.8, 4) is 23.0 Å². The van der Waals surface area contributed by atoms with Crippen molar-refractivity contribution in [2.24, 2.45) is 0 Å². The number of fused-ring (bicyclic) bond motifs is 1. The number of benzene rings is 2. The second-order valence-corrected chi connectivity index (χ2v) is 5.39. The number of phenols is 2. The van der Waals surface area contributed by atoms with Gasteiger partial charge in [-0.3, -0.25) is 4.79 Å². The molecule has 2 aromatic carbocycles. The third kappa shape index (κ3) is 2.76. The van der Waals surface area contributed by atoms with Crippen molar-refractivity contribution >= 4 is 5.78 Å². The average Bonchev–Trinajstić information content (AvgIpc) is 2.57. The Labute approximate surface area is 139 Å². The van der Waals surface area contributed by atoms with E-state index in [4.69, 9.17) is 14.2 Å². The minimum absolute atomic E-state index is 0.00716. The lowest BCUT2D eigenvalue weighted by atomic mass is 9.93. The standard InChI is InChI=1S/C18H18O6/c1-3-23-18-16(21)12-6-5-11(19)9-15(12)24-17(18)10-4-7-14(22-2)13(20)8-10/h4-9,17-20H,3H2,1-2H3. The molecule has 0 aromatic heterocycles. The van der Waals surface area contributed by atoms with Crippen LogP contribution in [0.5, 0.6) is 23.0 Å². The van der Waals surface area contributed by atoms with Crippen molar-refractivity contribution in [1.82, 2.24) is 0 Å². The molecule has 2 unspecified atom stereocenters. The highest BCUT2D eigenvalue weighted by Crippen LogP contribution is 2.40. The van der Waals surface area contributed by atoms with Gasteiger partial charge in [0.2, 0.25) is 0 Å². The van der Waals surface area contributed by atoms with Crippen LogP contribution in [0, 0.1) is 0 Å². The number of aromatic hydroxyl groups is 2. The van der Waals surface area contributed by atoms with E-state index in [1.807, 2.05) is 0 Å². The largest absolute Gasteiger partial charge is 0.508 e. The molecule has 3 rings (SSSR count). The Kier molecular flexibility index (Phi) is 4.31. The number of methoxy groups -OCH3 is 1. The number of hydrogen-bond acceptors (Lipinski definition) is 6. The van der Waals surface area contributed by atoms with Gasteiger partial charge in [-0.15, -0.1) is 0 Å². The van der Waals surface area contributed by atoms with Gasteiger partial charge < -0.3 is 24.4 Å². The molecule has 1 aliphatic heterocycles. The van der Waals surface area contributed by atoms with Gasteiger partial charge in [-0.1, -0.05) is 6.07 Å². The summed E-state index contributed by atoms with van der Waals surface area (Å²) in [4.78, 5) is 12.7. The molecule has 2 N–H and O–H groups in total. The second kappa shape index (κ2) is 6.41. The maximum Gasteiger partial charge on any atom is 0.199 e. The summed E-state index contributed by atoms with van der Waals surface area (Å²) in [6.07, 6.45) is -1.57. The number of ether oxygens (including phenoxy) is 3. The Morgan fingerprint density at radius 2 is 1.96 bits per heavy atom. The number of hydrogen-bond donors (Lipinski definition) is 2. The highest BCUT2D eigenvalue weighted by atomic mass is 16.5. The van der Waals surface area contributed by atoms with Crippen molar-refractivity contribution in [1.29, 1.82) is 0 Å². The first-order chi connectivity index (χ1) is 11.5. The quantitative estimate of drug-likeness (QED) is 0.897. The summed E-state index contributed by atoms with van der Waals surface area (Å²) >= 11 is 0. The van der Waals surface area contributed by atoms with Crippen LogP contribution in [0.15, 0.2) is 36.4 Å². The molecule has 2 atom stereocenters. The van der Waals surface area contributed by atoms with Crippen LogP contribution in [0.4, 0.5) is 0 Å². The fourth-order valence-electron chi connectivity index (χ4n) is 2.77. The van der Waals surface area contributed by atoms with Gasteiger partial charge in [-0.2, -0.15) is 0 Å². The number of rotatable bonds is 4. The molecule has 2 aromatic rings. The number of phenolic OH excluding ortho intramolecular Hbond substituents is 2. The Morgan fingerprint density at radius 3 is 2.62 bits per heavy atom. The van der Waals surface area contributed by atoms with Crippen molar-refractivity contribution in [3.05, 3.63) is 47.5 Å². The van der Waals surface area contributed by atoms with E-state index < -0.39 is 12.2 Å². The summed E-state index contributed by atoms with van der Waals surface area (Å²) in [7, 11) is 1.46. The van der Waals surface area contributed by atoms with E-state index in [-0.39, 0.29) is 23.0 Å². The molecule has 0 spiro atoms. The lowest BCUT2D eigenvalue weighted by Gasteiger charge is -2.32. The van der Waals surface area contributed by atoms with Crippen molar-refractivity contribution in [3.63, 3.8) is 0 Å². The van der Waals surface area contributed by atoms with Crippen LogP contribution in [0.2, 0.25) is 0 Å². The average molecular weight is 330 g/mol. The van der Waals surface area contributed by atoms with Gasteiger partial charge in [0.05, 0.1) is 12.7 Å². The fourth-order valence-corrected chi connectivity index (χ4v) is 2.77.